The summed E-state index contributed by atoms with van der Waals surface area (Å²) >= 11 is 0. The summed E-state index contributed by atoms with van der Waals surface area (Å²) in [7, 11) is -4.49. The van der Waals surface area contributed by atoms with Gasteiger partial charge in [-0.2, -0.15) is 8.42 Å². The molecule has 120 valence electrons. The molecule has 2 aromatic rings. The van der Waals surface area contributed by atoms with Gasteiger partial charge in [0.1, 0.15) is 4.90 Å². The molecule has 0 saturated heterocycles. The zero-order valence-electron chi connectivity index (χ0n) is 12.3. The molecule has 1 aliphatic heterocycles. The van der Waals surface area contributed by atoms with E-state index in [-0.39, 0.29) is 26.8 Å². The molecular formula is C16H14O6S. The van der Waals surface area contributed by atoms with E-state index in [9.17, 15) is 22.6 Å². The first-order valence-corrected chi connectivity index (χ1v) is 8.61. The van der Waals surface area contributed by atoms with Crippen LogP contribution in [0.3, 0.4) is 0 Å². The lowest BCUT2D eigenvalue weighted by Gasteiger charge is -2.19. The molecule has 0 saturated carbocycles. The first-order valence-electron chi connectivity index (χ1n) is 7.17. The number of ether oxygens (including phenoxy) is 1. The Balaban J connectivity index is 2.47. The SMILES string of the molecule is CCCCc1ccc2c3c(ccc(S(=O)(=O)O)c13)C(=O)OC2=O. The second-order valence-corrected chi connectivity index (χ2v) is 6.78. The second-order valence-electron chi connectivity index (χ2n) is 5.39. The predicted molar refractivity (Wildman–Crippen MR) is 82.1 cm³/mol. The Labute approximate surface area is 132 Å². The van der Waals surface area contributed by atoms with E-state index in [1.807, 2.05) is 6.92 Å². The van der Waals surface area contributed by atoms with E-state index in [4.69, 9.17) is 0 Å². The van der Waals surface area contributed by atoms with Crippen molar-refractivity contribution >= 4 is 32.8 Å². The zero-order valence-corrected chi connectivity index (χ0v) is 13.1. The highest BCUT2D eigenvalue weighted by atomic mass is 32.2. The van der Waals surface area contributed by atoms with Crippen LogP contribution in [0.2, 0.25) is 0 Å². The molecular weight excluding hydrogens is 320 g/mol. The molecule has 23 heavy (non-hydrogen) atoms. The lowest BCUT2D eigenvalue weighted by Crippen LogP contribution is -2.20. The number of carbonyl (C=O) groups excluding carboxylic acids is 2. The van der Waals surface area contributed by atoms with Crippen LogP contribution in [0.25, 0.3) is 10.8 Å². The quantitative estimate of drug-likeness (QED) is 0.524. The zero-order chi connectivity index (χ0) is 16.8. The summed E-state index contributed by atoms with van der Waals surface area (Å²) in [5, 5.41) is 0.455. The summed E-state index contributed by atoms with van der Waals surface area (Å²) in [4.78, 5) is 23.5. The molecule has 0 unspecified atom stereocenters. The number of rotatable bonds is 4. The third-order valence-electron chi connectivity index (χ3n) is 3.91. The van der Waals surface area contributed by atoms with Crippen LogP contribution in [0.5, 0.6) is 0 Å². The van der Waals surface area contributed by atoms with Gasteiger partial charge in [0.15, 0.2) is 0 Å². The summed E-state index contributed by atoms with van der Waals surface area (Å²) in [5.41, 5.74) is 0.920. The first-order chi connectivity index (χ1) is 10.8. The molecule has 6 nitrogen and oxygen atoms in total. The predicted octanol–water partition coefficient (Wildman–Crippen LogP) is 2.74. The lowest BCUT2D eigenvalue weighted by molar-refractivity contribution is 0.0391. The van der Waals surface area contributed by atoms with Gasteiger partial charge in [0.2, 0.25) is 0 Å². The maximum absolute atomic E-state index is 11.9. The minimum Gasteiger partial charge on any atom is -0.386 e. The molecule has 3 rings (SSSR count). The Hall–Kier alpha value is -2.25. The van der Waals surface area contributed by atoms with Gasteiger partial charge in [-0.3, -0.25) is 4.55 Å². The second kappa shape index (κ2) is 5.43. The maximum Gasteiger partial charge on any atom is 0.346 e. The van der Waals surface area contributed by atoms with Gasteiger partial charge in [0.25, 0.3) is 10.1 Å². The van der Waals surface area contributed by atoms with E-state index in [1.165, 1.54) is 18.2 Å². The molecule has 7 heteroatoms. The van der Waals surface area contributed by atoms with Crippen molar-refractivity contribution in [3.63, 3.8) is 0 Å². The molecule has 0 aromatic heterocycles. The average Bonchev–Trinajstić information content (AvgIpc) is 2.49. The average molecular weight is 334 g/mol. The van der Waals surface area contributed by atoms with E-state index in [0.717, 1.165) is 12.8 Å². The lowest BCUT2D eigenvalue weighted by atomic mass is 9.92. The Morgan fingerprint density at radius 3 is 2.17 bits per heavy atom. The summed E-state index contributed by atoms with van der Waals surface area (Å²) in [6.45, 7) is 2.00. The number of benzene rings is 2. The van der Waals surface area contributed by atoms with Crippen molar-refractivity contribution in [3.05, 3.63) is 41.0 Å². The molecule has 0 bridgehead atoms. The fourth-order valence-corrected chi connectivity index (χ4v) is 3.59. The highest BCUT2D eigenvalue weighted by Gasteiger charge is 2.31. The van der Waals surface area contributed by atoms with Crippen LogP contribution < -0.4 is 0 Å². The molecule has 0 fully saturated rings. The number of unbranched alkanes of at least 4 members (excludes halogenated alkanes) is 1. The number of cyclic esters (lactones) is 2. The molecule has 0 spiro atoms. The number of carbonyl (C=O) groups is 2. The summed E-state index contributed by atoms with van der Waals surface area (Å²) < 4.78 is 37.6. The number of hydrogen-bond acceptors (Lipinski definition) is 5. The fraction of sp³-hybridized carbons (Fsp3) is 0.250. The molecule has 0 atom stereocenters. The van der Waals surface area contributed by atoms with Crippen LogP contribution in [-0.2, 0) is 21.3 Å². The number of aryl methyl sites for hydroxylation is 1. The number of esters is 2. The normalized spacial score (nSPS) is 14.2. The summed E-state index contributed by atoms with van der Waals surface area (Å²) in [6.07, 6.45) is 2.27. The van der Waals surface area contributed by atoms with Gasteiger partial charge >= 0.3 is 11.9 Å². The van der Waals surface area contributed by atoms with Crippen LogP contribution in [-0.4, -0.2) is 24.9 Å². The minimum absolute atomic E-state index is 0.125. The number of hydrogen-bond donors (Lipinski definition) is 1. The molecule has 0 aliphatic carbocycles. The van der Waals surface area contributed by atoms with E-state index < -0.39 is 22.1 Å². The van der Waals surface area contributed by atoms with Crippen molar-refractivity contribution < 1.29 is 27.3 Å². The topological polar surface area (TPSA) is 97.7 Å². The molecule has 1 N–H and O–H groups in total. The Morgan fingerprint density at radius 2 is 1.61 bits per heavy atom. The van der Waals surface area contributed by atoms with Crippen molar-refractivity contribution in [2.24, 2.45) is 0 Å². The minimum atomic E-state index is -4.49. The van der Waals surface area contributed by atoms with Crippen LogP contribution >= 0.6 is 0 Å². The summed E-state index contributed by atoms with van der Waals surface area (Å²) in [6, 6.07) is 5.60. The van der Waals surface area contributed by atoms with Gasteiger partial charge in [-0.15, -0.1) is 0 Å². The van der Waals surface area contributed by atoms with Gasteiger partial charge in [-0.05, 0) is 36.6 Å². The van der Waals surface area contributed by atoms with Crippen molar-refractivity contribution in [2.75, 3.05) is 0 Å². The van der Waals surface area contributed by atoms with Gasteiger partial charge in [-0.1, -0.05) is 19.4 Å². The summed E-state index contributed by atoms with van der Waals surface area (Å²) in [5.74, 6) is -1.64. The van der Waals surface area contributed by atoms with Crippen molar-refractivity contribution in [1.82, 2.24) is 0 Å². The monoisotopic (exact) mass is 334 g/mol. The van der Waals surface area contributed by atoms with Gasteiger partial charge < -0.3 is 4.74 Å². The van der Waals surface area contributed by atoms with Crippen molar-refractivity contribution in [3.8, 4) is 0 Å². The maximum atomic E-state index is 11.9. The molecule has 0 amide bonds. The van der Waals surface area contributed by atoms with Gasteiger partial charge in [0.05, 0.1) is 11.1 Å². The Morgan fingerprint density at radius 1 is 1.00 bits per heavy atom. The molecule has 0 radical (unpaired) electrons. The Kier molecular flexibility index (Phi) is 3.69. The third kappa shape index (κ3) is 2.51. The van der Waals surface area contributed by atoms with Crippen molar-refractivity contribution in [2.45, 2.75) is 31.1 Å². The molecule has 2 aromatic carbocycles. The highest BCUT2D eigenvalue weighted by molar-refractivity contribution is 7.86. The van der Waals surface area contributed by atoms with E-state index >= 15 is 0 Å². The van der Waals surface area contributed by atoms with E-state index in [2.05, 4.69) is 4.74 Å². The van der Waals surface area contributed by atoms with Crippen LogP contribution in [0.1, 0.15) is 46.0 Å². The van der Waals surface area contributed by atoms with Crippen molar-refractivity contribution in [1.29, 1.82) is 0 Å². The van der Waals surface area contributed by atoms with Crippen LogP contribution in [0, 0.1) is 0 Å². The highest BCUT2D eigenvalue weighted by Crippen LogP contribution is 2.35. The fourth-order valence-electron chi connectivity index (χ4n) is 2.86. The van der Waals surface area contributed by atoms with E-state index in [1.54, 1.807) is 6.07 Å². The molecule has 1 heterocycles. The van der Waals surface area contributed by atoms with E-state index in [0.29, 0.717) is 12.0 Å². The Bertz CT molecular complexity index is 922. The van der Waals surface area contributed by atoms with Gasteiger partial charge in [0, 0.05) is 10.8 Å². The first kappa shape index (κ1) is 15.6. The largest absolute Gasteiger partial charge is 0.386 e. The van der Waals surface area contributed by atoms with Crippen LogP contribution in [0.15, 0.2) is 29.2 Å². The molecule has 1 aliphatic rings. The van der Waals surface area contributed by atoms with Gasteiger partial charge in [-0.25, -0.2) is 9.59 Å². The smallest absolute Gasteiger partial charge is 0.346 e. The van der Waals surface area contributed by atoms with Crippen LogP contribution in [0.4, 0.5) is 0 Å². The third-order valence-corrected chi connectivity index (χ3v) is 4.81. The standard InChI is InChI=1S/C16H14O6S/c1-2-3-4-9-5-6-10-14-11(16(18)22-15(10)17)7-8-12(13(9)14)23(19,20)21/h5-8H,2-4H2,1H3,(H,19,20,21).